The number of allylic oxidation sites excluding steroid dienone is 1. The molecule has 94 valence electrons. The van der Waals surface area contributed by atoms with E-state index in [1.807, 2.05) is 6.92 Å². The van der Waals surface area contributed by atoms with Crippen LogP contribution in [0.1, 0.15) is 33.6 Å². The molecule has 0 aromatic rings. The molecule has 0 radical (unpaired) electrons. The number of carbonyl (C=O) groups is 1. The molecule has 0 fully saturated rings. The molecule has 1 N–H and O–H groups in total. The number of phosphoric acid groups is 1. The third-order valence-electron chi connectivity index (χ3n) is 1.56. The van der Waals surface area contributed by atoms with Crippen LogP contribution in [0.3, 0.4) is 0 Å². The summed E-state index contributed by atoms with van der Waals surface area (Å²) in [6.45, 7) is 4.99. The third kappa shape index (κ3) is 6.74. The SMILES string of the molecule is CCCC=C(C)C(=O)OOP(=O)(O)OCC. The van der Waals surface area contributed by atoms with Crippen LogP contribution in [0.15, 0.2) is 11.6 Å². The minimum atomic E-state index is -4.28. The summed E-state index contributed by atoms with van der Waals surface area (Å²) in [6, 6.07) is 0. The van der Waals surface area contributed by atoms with Gasteiger partial charge in [0.25, 0.3) is 0 Å². The van der Waals surface area contributed by atoms with E-state index in [-0.39, 0.29) is 6.61 Å². The lowest BCUT2D eigenvalue weighted by atomic mass is 10.2. The summed E-state index contributed by atoms with van der Waals surface area (Å²) >= 11 is 0. The second kappa shape index (κ2) is 7.57. The first kappa shape index (κ1) is 15.3. The predicted molar refractivity (Wildman–Crippen MR) is 57.3 cm³/mol. The Morgan fingerprint density at radius 2 is 2.06 bits per heavy atom. The summed E-state index contributed by atoms with van der Waals surface area (Å²) < 4.78 is 19.3. The Balaban J connectivity index is 4.12. The second-order valence-corrected chi connectivity index (χ2v) is 4.35. The average Bonchev–Trinajstić information content (AvgIpc) is 2.22. The number of phosphoric ester groups is 1. The molecule has 0 saturated heterocycles. The average molecular weight is 252 g/mol. The molecule has 0 aliphatic carbocycles. The zero-order valence-electron chi connectivity index (χ0n) is 9.63. The Bertz CT molecular complexity index is 298. The zero-order chi connectivity index (χ0) is 12.6. The van der Waals surface area contributed by atoms with E-state index in [1.165, 1.54) is 13.8 Å². The van der Waals surface area contributed by atoms with Gasteiger partial charge in [0.1, 0.15) is 0 Å². The van der Waals surface area contributed by atoms with E-state index in [4.69, 9.17) is 4.89 Å². The van der Waals surface area contributed by atoms with Crippen LogP contribution in [0, 0.1) is 0 Å². The Hall–Kier alpha value is -0.680. The van der Waals surface area contributed by atoms with E-state index < -0.39 is 13.8 Å². The van der Waals surface area contributed by atoms with Gasteiger partial charge in [-0.25, -0.2) is 9.36 Å². The summed E-state index contributed by atoms with van der Waals surface area (Å²) in [5, 5.41) is 0. The van der Waals surface area contributed by atoms with Crippen LogP contribution in [-0.2, 0) is 23.4 Å². The summed E-state index contributed by atoms with van der Waals surface area (Å²) in [7, 11) is -4.28. The van der Waals surface area contributed by atoms with Crippen molar-refractivity contribution in [2.75, 3.05) is 6.61 Å². The third-order valence-corrected chi connectivity index (χ3v) is 2.41. The molecule has 1 atom stereocenters. The first-order valence-electron chi connectivity index (χ1n) is 4.97. The minimum Gasteiger partial charge on any atom is -0.300 e. The maximum atomic E-state index is 11.2. The van der Waals surface area contributed by atoms with E-state index in [0.717, 1.165) is 12.8 Å². The fourth-order valence-electron chi connectivity index (χ4n) is 0.776. The highest BCUT2D eigenvalue weighted by molar-refractivity contribution is 7.47. The molecule has 0 rings (SSSR count). The van der Waals surface area contributed by atoms with Gasteiger partial charge in [0.15, 0.2) is 0 Å². The van der Waals surface area contributed by atoms with Crippen molar-refractivity contribution in [3.63, 3.8) is 0 Å². The Kier molecular flexibility index (Phi) is 7.25. The summed E-state index contributed by atoms with van der Waals surface area (Å²) in [5.74, 6) is -0.803. The molecule has 0 aliphatic heterocycles. The maximum Gasteiger partial charge on any atom is 0.508 e. The van der Waals surface area contributed by atoms with Gasteiger partial charge in [0.05, 0.1) is 6.61 Å². The van der Waals surface area contributed by atoms with Crippen molar-refractivity contribution < 1.29 is 28.3 Å². The summed E-state index contributed by atoms with van der Waals surface area (Å²) in [4.78, 5) is 24.3. The van der Waals surface area contributed by atoms with Crippen molar-refractivity contribution in [1.82, 2.24) is 0 Å². The smallest absolute Gasteiger partial charge is 0.300 e. The van der Waals surface area contributed by atoms with Gasteiger partial charge in [-0.1, -0.05) is 24.1 Å². The van der Waals surface area contributed by atoms with Crippen LogP contribution in [0.4, 0.5) is 0 Å². The van der Waals surface area contributed by atoms with Crippen LogP contribution in [0.2, 0.25) is 0 Å². The van der Waals surface area contributed by atoms with Gasteiger partial charge in [0.2, 0.25) is 0 Å². The molecule has 0 bridgehead atoms. The fraction of sp³-hybridized carbons (Fsp3) is 0.667. The summed E-state index contributed by atoms with van der Waals surface area (Å²) in [5.41, 5.74) is 0.318. The zero-order valence-corrected chi connectivity index (χ0v) is 10.5. The molecule has 0 heterocycles. The number of hydrogen-bond donors (Lipinski definition) is 1. The van der Waals surface area contributed by atoms with Crippen molar-refractivity contribution in [2.24, 2.45) is 0 Å². The molecule has 1 unspecified atom stereocenters. The molecule has 7 heteroatoms. The van der Waals surface area contributed by atoms with Gasteiger partial charge in [-0.3, -0.25) is 9.41 Å². The molecular weight excluding hydrogens is 235 g/mol. The lowest BCUT2D eigenvalue weighted by Gasteiger charge is -2.08. The normalized spacial score (nSPS) is 15.6. The number of carbonyl (C=O) groups excluding carboxylic acids is 1. The molecular formula is C9H17O6P. The van der Waals surface area contributed by atoms with Crippen LogP contribution in [0.5, 0.6) is 0 Å². The van der Waals surface area contributed by atoms with Gasteiger partial charge in [0, 0.05) is 5.57 Å². The fourth-order valence-corrected chi connectivity index (χ4v) is 1.31. The molecule has 0 aromatic carbocycles. The standard InChI is InChI=1S/C9H17O6P/c1-4-6-7-8(3)9(10)14-15-16(11,12)13-5-2/h7H,4-6H2,1-3H3,(H,11,12). The Labute approximate surface area is 94.7 Å². The predicted octanol–water partition coefficient (Wildman–Crippen LogP) is 2.34. The van der Waals surface area contributed by atoms with Crippen molar-refractivity contribution in [3.05, 3.63) is 11.6 Å². The van der Waals surface area contributed by atoms with Crippen molar-refractivity contribution in [2.45, 2.75) is 33.6 Å². The van der Waals surface area contributed by atoms with Gasteiger partial charge in [-0.15, -0.1) is 0 Å². The molecule has 6 nitrogen and oxygen atoms in total. The molecule has 0 spiro atoms. The lowest BCUT2D eigenvalue weighted by Crippen LogP contribution is -2.06. The number of unbranched alkanes of at least 4 members (excludes halogenated alkanes) is 1. The van der Waals surface area contributed by atoms with Crippen LogP contribution < -0.4 is 0 Å². The van der Waals surface area contributed by atoms with Gasteiger partial charge in [-0.2, -0.15) is 0 Å². The van der Waals surface area contributed by atoms with E-state index in [2.05, 4.69) is 14.1 Å². The molecule has 0 aliphatic rings. The quantitative estimate of drug-likeness (QED) is 0.324. The van der Waals surface area contributed by atoms with Crippen molar-refractivity contribution >= 4 is 13.8 Å². The Morgan fingerprint density at radius 3 is 2.56 bits per heavy atom. The molecule has 0 saturated carbocycles. The van der Waals surface area contributed by atoms with Gasteiger partial charge in [-0.05, 0) is 20.3 Å². The number of rotatable bonds is 7. The first-order chi connectivity index (χ1) is 7.43. The van der Waals surface area contributed by atoms with Crippen LogP contribution >= 0.6 is 7.82 Å². The van der Waals surface area contributed by atoms with E-state index in [1.54, 1.807) is 6.08 Å². The van der Waals surface area contributed by atoms with E-state index >= 15 is 0 Å². The lowest BCUT2D eigenvalue weighted by molar-refractivity contribution is -0.218. The highest BCUT2D eigenvalue weighted by Crippen LogP contribution is 2.43. The number of hydrogen-bond acceptors (Lipinski definition) is 5. The van der Waals surface area contributed by atoms with Crippen LogP contribution in [0.25, 0.3) is 0 Å². The molecule has 0 aromatic heterocycles. The van der Waals surface area contributed by atoms with Crippen molar-refractivity contribution in [1.29, 1.82) is 0 Å². The minimum absolute atomic E-state index is 0.0179. The van der Waals surface area contributed by atoms with Gasteiger partial charge < -0.3 is 4.89 Å². The first-order valence-corrected chi connectivity index (χ1v) is 6.47. The van der Waals surface area contributed by atoms with Gasteiger partial charge >= 0.3 is 13.8 Å². The maximum absolute atomic E-state index is 11.2. The summed E-state index contributed by atoms with van der Waals surface area (Å²) in [6.07, 6.45) is 3.28. The highest BCUT2D eigenvalue weighted by Gasteiger charge is 2.24. The van der Waals surface area contributed by atoms with Crippen LogP contribution in [-0.4, -0.2) is 17.5 Å². The Morgan fingerprint density at radius 1 is 1.44 bits per heavy atom. The molecule has 0 amide bonds. The largest absolute Gasteiger partial charge is 0.508 e. The topological polar surface area (TPSA) is 82.1 Å². The second-order valence-electron chi connectivity index (χ2n) is 3.01. The highest BCUT2D eigenvalue weighted by atomic mass is 31.2. The monoisotopic (exact) mass is 252 g/mol. The van der Waals surface area contributed by atoms with Crippen molar-refractivity contribution in [3.8, 4) is 0 Å². The van der Waals surface area contributed by atoms with E-state index in [0.29, 0.717) is 5.57 Å². The molecule has 16 heavy (non-hydrogen) atoms. The van der Waals surface area contributed by atoms with E-state index in [9.17, 15) is 9.36 Å².